The summed E-state index contributed by atoms with van der Waals surface area (Å²) >= 11 is 8.19. The summed E-state index contributed by atoms with van der Waals surface area (Å²) in [5.74, 6) is -0.155. The van der Waals surface area contributed by atoms with Crippen molar-refractivity contribution in [2.24, 2.45) is 0 Å². The summed E-state index contributed by atoms with van der Waals surface area (Å²) in [7, 11) is 1.40. The molecule has 0 aromatic carbocycles. The van der Waals surface area contributed by atoms with E-state index < -0.39 is 11.0 Å². The number of ether oxygens (including phenoxy) is 2. The van der Waals surface area contributed by atoms with Gasteiger partial charge in [0, 0.05) is 7.11 Å². The summed E-state index contributed by atoms with van der Waals surface area (Å²) in [4.78, 5) is 10.7. The van der Waals surface area contributed by atoms with E-state index in [1.165, 1.54) is 7.11 Å². The van der Waals surface area contributed by atoms with Crippen LogP contribution in [0.1, 0.15) is 0 Å². The number of esters is 1. The molecule has 0 bridgehead atoms. The van der Waals surface area contributed by atoms with Crippen molar-refractivity contribution in [1.82, 2.24) is 0 Å². The van der Waals surface area contributed by atoms with Crippen molar-refractivity contribution in [3.05, 3.63) is 0 Å². The third kappa shape index (κ3) is 4.09. The molecule has 1 atom stereocenters. The lowest BCUT2D eigenvalue weighted by Crippen LogP contribution is -2.19. The van der Waals surface area contributed by atoms with Gasteiger partial charge in [0.05, 0.1) is 5.88 Å². The Bertz CT molecular complexity index is 109. The molecule has 0 aliphatic carbocycles. The van der Waals surface area contributed by atoms with Gasteiger partial charge in [0.1, 0.15) is 6.61 Å². The lowest BCUT2D eigenvalue weighted by Gasteiger charge is -2.05. The molecule has 0 amide bonds. The van der Waals surface area contributed by atoms with E-state index in [1.54, 1.807) is 0 Å². The molecule has 0 N–H and O–H groups in total. The maximum absolute atomic E-state index is 10.7. The van der Waals surface area contributed by atoms with Crippen molar-refractivity contribution in [3.63, 3.8) is 0 Å². The van der Waals surface area contributed by atoms with Gasteiger partial charge in [0.25, 0.3) is 0 Å². The predicted octanol–water partition coefficient (Wildman–Crippen LogP) is 1.14. The zero-order chi connectivity index (χ0) is 7.98. The van der Waals surface area contributed by atoms with Gasteiger partial charge < -0.3 is 9.47 Å². The van der Waals surface area contributed by atoms with E-state index in [9.17, 15) is 4.79 Å². The SMILES string of the molecule is COC(Br)C(=O)OCCCl. The van der Waals surface area contributed by atoms with Gasteiger partial charge in [0.2, 0.25) is 5.01 Å². The van der Waals surface area contributed by atoms with Gasteiger partial charge in [-0.3, -0.25) is 0 Å². The van der Waals surface area contributed by atoms with Crippen molar-refractivity contribution in [2.45, 2.75) is 5.01 Å². The third-order valence-electron chi connectivity index (χ3n) is 0.714. The molecule has 0 aromatic heterocycles. The van der Waals surface area contributed by atoms with Crippen molar-refractivity contribution in [2.75, 3.05) is 19.6 Å². The predicted molar refractivity (Wildman–Crippen MR) is 41.4 cm³/mol. The first-order valence-corrected chi connectivity index (χ1v) is 4.07. The molecular formula is C5H8BrClO3. The fourth-order valence-corrected chi connectivity index (χ4v) is 0.510. The van der Waals surface area contributed by atoms with E-state index in [2.05, 4.69) is 25.4 Å². The Balaban J connectivity index is 3.42. The van der Waals surface area contributed by atoms with Crippen LogP contribution in [-0.2, 0) is 14.3 Å². The molecular weight excluding hydrogens is 223 g/mol. The minimum atomic E-state index is -0.685. The number of carbonyl (C=O) groups is 1. The van der Waals surface area contributed by atoms with Crippen LogP contribution in [0.5, 0.6) is 0 Å². The normalized spacial score (nSPS) is 12.7. The minimum absolute atomic E-state index is 0.214. The highest BCUT2D eigenvalue weighted by Gasteiger charge is 2.13. The largest absolute Gasteiger partial charge is 0.462 e. The molecule has 0 aliphatic heterocycles. The topological polar surface area (TPSA) is 35.5 Å². The maximum Gasteiger partial charge on any atom is 0.346 e. The average molecular weight is 231 g/mol. The summed E-state index contributed by atoms with van der Waals surface area (Å²) < 4.78 is 9.21. The fraction of sp³-hybridized carbons (Fsp3) is 0.800. The summed E-state index contributed by atoms with van der Waals surface area (Å²) in [5.41, 5.74) is 0. The second-order valence-corrected chi connectivity index (χ2v) is 2.62. The van der Waals surface area contributed by atoms with Crippen LogP contribution in [0.2, 0.25) is 0 Å². The van der Waals surface area contributed by atoms with Crippen LogP contribution in [0, 0.1) is 0 Å². The lowest BCUT2D eigenvalue weighted by atomic mass is 10.7. The zero-order valence-corrected chi connectivity index (χ0v) is 7.81. The number of rotatable bonds is 4. The third-order valence-corrected chi connectivity index (χ3v) is 1.62. The van der Waals surface area contributed by atoms with Crippen molar-refractivity contribution >= 4 is 33.5 Å². The van der Waals surface area contributed by atoms with Gasteiger partial charge in [-0.05, 0) is 15.9 Å². The van der Waals surface area contributed by atoms with Crippen molar-refractivity contribution in [1.29, 1.82) is 0 Å². The molecule has 10 heavy (non-hydrogen) atoms. The van der Waals surface area contributed by atoms with E-state index in [0.29, 0.717) is 5.88 Å². The summed E-state index contributed by atoms with van der Waals surface area (Å²) in [6, 6.07) is 0. The van der Waals surface area contributed by atoms with Crippen LogP contribution in [-0.4, -0.2) is 30.6 Å². The second kappa shape index (κ2) is 5.95. The molecule has 0 aromatic rings. The Morgan fingerprint density at radius 3 is 2.80 bits per heavy atom. The van der Waals surface area contributed by atoms with Gasteiger partial charge >= 0.3 is 5.97 Å². The Morgan fingerprint density at radius 1 is 1.80 bits per heavy atom. The molecule has 0 saturated heterocycles. The number of alkyl halides is 2. The van der Waals surface area contributed by atoms with E-state index in [-0.39, 0.29) is 6.61 Å². The second-order valence-electron chi connectivity index (χ2n) is 1.41. The highest BCUT2D eigenvalue weighted by molar-refractivity contribution is 9.09. The van der Waals surface area contributed by atoms with E-state index in [0.717, 1.165) is 0 Å². The first kappa shape index (κ1) is 10.2. The first-order valence-electron chi connectivity index (χ1n) is 2.62. The molecule has 1 unspecified atom stereocenters. The van der Waals surface area contributed by atoms with Crippen molar-refractivity contribution in [3.8, 4) is 0 Å². The van der Waals surface area contributed by atoms with Crippen LogP contribution in [0.25, 0.3) is 0 Å². The number of methoxy groups -OCH3 is 1. The fourth-order valence-electron chi connectivity index (χ4n) is 0.301. The van der Waals surface area contributed by atoms with Gasteiger partial charge in [-0.1, -0.05) is 0 Å². The molecule has 0 rings (SSSR count). The van der Waals surface area contributed by atoms with Gasteiger partial charge in [-0.15, -0.1) is 11.6 Å². The Labute approximate surface area is 72.8 Å². The van der Waals surface area contributed by atoms with Gasteiger partial charge in [0.15, 0.2) is 0 Å². The quantitative estimate of drug-likeness (QED) is 0.538. The molecule has 0 aliphatic rings. The zero-order valence-electron chi connectivity index (χ0n) is 5.47. The van der Waals surface area contributed by atoms with Crippen molar-refractivity contribution < 1.29 is 14.3 Å². The van der Waals surface area contributed by atoms with Crippen LogP contribution in [0.15, 0.2) is 0 Å². The van der Waals surface area contributed by atoms with E-state index >= 15 is 0 Å². The summed E-state index contributed by atoms with van der Waals surface area (Å²) in [6.07, 6.45) is 0. The Hall–Kier alpha value is 0.200. The van der Waals surface area contributed by atoms with Gasteiger partial charge in [-0.2, -0.15) is 0 Å². The average Bonchev–Trinajstić information content (AvgIpc) is 1.98. The maximum atomic E-state index is 10.7. The van der Waals surface area contributed by atoms with E-state index in [1.807, 2.05) is 0 Å². The molecule has 5 heteroatoms. The first-order chi connectivity index (χ1) is 4.72. The lowest BCUT2D eigenvalue weighted by molar-refractivity contribution is -0.148. The minimum Gasteiger partial charge on any atom is -0.462 e. The molecule has 0 spiro atoms. The summed E-state index contributed by atoms with van der Waals surface area (Å²) in [5, 5.41) is -0.685. The van der Waals surface area contributed by atoms with Crippen LogP contribution in [0.3, 0.4) is 0 Å². The summed E-state index contributed by atoms with van der Waals surface area (Å²) in [6.45, 7) is 0.214. The Kier molecular flexibility index (Phi) is 6.06. The molecule has 0 fully saturated rings. The smallest absolute Gasteiger partial charge is 0.346 e. The monoisotopic (exact) mass is 230 g/mol. The van der Waals surface area contributed by atoms with Gasteiger partial charge in [-0.25, -0.2) is 4.79 Å². The highest BCUT2D eigenvalue weighted by atomic mass is 79.9. The molecule has 0 radical (unpaired) electrons. The number of carbonyl (C=O) groups excluding carboxylic acids is 1. The van der Waals surface area contributed by atoms with Crippen LogP contribution < -0.4 is 0 Å². The Morgan fingerprint density at radius 2 is 2.40 bits per heavy atom. The van der Waals surface area contributed by atoms with Crippen LogP contribution in [0.4, 0.5) is 0 Å². The van der Waals surface area contributed by atoms with Crippen LogP contribution >= 0.6 is 27.5 Å². The molecule has 0 saturated carbocycles. The number of hydrogen-bond acceptors (Lipinski definition) is 3. The molecule has 60 valence electrons. The highest BCUT2D eigenvalue weighted by Crippen LogP contribution is 2.01. The number of hydrogen-bond donors (Lipinski definition) is 0. The standard InChI is InChI=1S/C5H8BrClO3/c1-9-4(6)5(8)10-3-2-7/h4H,2-3H2,1H3. The van der Waals surface area contributed by atoms with E-state index in [4.69, 9.17) is 11.6 Å². The number of halogens is 2. The molecule has 0 heterocycles. The molecule has 3 nitrogen and oxygen atoms in total.